The molecule has 86 valence electrons. The molecule has 0 atom stereocenters. The van der Waals surface area contributed by atoms with Crippen molar-refractivity contribution < 1.29 is 13.9 Å². The van der Waals surface area contributed by atoms with Gasteiger partial charge < -0.3 is 4.74 Å². The van der Waals surface area contributed by atoms with Gasteiger partial charge in [0.15, 0.2) is 0 Å². The molecule has 2 aromatic rings. The minimum absolute atomic E-state index is 0.368. The molecular weight excluding hydrogens is 219 g/mol. The predicted octanol–water partition coefficient (Wildman–Crippen LogP) is 3.31. The zero-order valence-electron chi connectivity index (χ0n) is 9.31. The van der Waals surface area contributed by atoms with Crippen LogP contribution in [-0.2, 0) is 0 Å². The molecule has 2 aromatic carbocycles. The van der Waals surface area contributed by atoms with E-state index in [2.05, 4.69) is 0 Å². The van der Waals surface area contributed by atoms with Gasteiger partial charge in [-0.05, 0) is 23.8 Å². The zero-order chi connectivity index (χ0) is 12.3. The number of hydrogen-bond donors (Lipinski definition) is 0. The molecule has 2 nitrogen and oxygen atoms in total. The Bertz CT molecular complexity index is 550. The number of carbonyl (C=O) groups excluding carboxylic acids is 1. The quantitative estimate of drug-likeness (QED) is 0.756. The highest BCUT2D eigenvalue weighted by Gasteiger charge is 2.06. The van der Waals surface area contributed by atoms with Gasteiger partial charge in [-0.25, -0.2) is 4.39 Å². The fourth-order valence-corrected chi connectivity index (χ4v) is 1.64. The highest BCUT2D eigenvalue weighted by molar-refractivity contribution is 5.79. The van der Waals surface area contributed by atoms with Gasteiger partial charge in [0, 0.05) is 17.2 Å². The number of ether oxygens (including phenoxy) is 1. The van der Waals surface area contributed by atoms with Crippen molar-refractivity contribution in [1.29, 1.82) is 0 Å². The van der Waals surface area contributed by atoms with Crippen LogP contribution in [0.5, 0.6) is 5.75 Å². The molecule has 0 spiro atoms. The summed E-state index contributed by atoms with van der Waals surface area (Å²) >= 11 is 0. The lowest BCUT2D eigenvalue weighted by Crippen LogP contribution is -1.89. The number of hydrogen-bond acceptors (Lipinski definition) is 2. The fourth-order valence-electron chi connectivity index (χ4n) is 1.64. The van der Waals surface area contributed by atoms with Crippen molar-refractivity contribution in [3.05, 3.63) is 53.8 Å². The molecule has 0 aliphatic rings. The molecule has 0 saturated heterocycles. The highest BCUT2D eigenvalue weighted by Crippen LogP contribution is 2.26. The summed E-state index contributed by atoms with van der Waals surface area (Å²) in [6.45, 7) is 0. The summed E-state index contributed by atoms with van der Waals surface area (Å²) < 4.78 is 18.7. The topological polar surface area (TPSA) is 26.3 Å². The first-order valence-corrected chi connectivity index (χ1v) is 5.14. The van der Waals surface area contributed by atoms with E-state index in [1.165, 1.54) is 13.2 Å². The molecule has 17 heavy (non-hydrogen) atoms. The summed E-state index contributed by atoms with van der Waals surface area (Å²) in [5.41, 5.74) is 1.65. The average molecular weight is 230 g/mol. The summed E-state index contributed by atoms with van der Waals surface area (Å²) in [5, 5.41) is 0. The third-order valence-electron chi connectivity index (χ3n) is 2.51. The Morgan fingerprint density at radius 1 is 1.18 bits per heavy atom. The van der Waals surface area contributed by atoms with Crippen LogP contribution in [0.2, 0.25) is 0 Å². The largest absolute Gasteiger partial charge is 0.497 e. The molecule has 0 heterocycles. The molecule has 0 aliphatic heterocycles. The van der Waals surface area contributed by atoms with Crippen LogP contribution in [0.3, 0.4) is 0 Å². The monoisotopic (exact) mass is 230 g/mol. The van der Waals surface area contributed by atoms with Gasteiger partial charge in [0.2, 0.25) is 0 Å². The lowest BCUT2D eigenvalue weighted by Gasteiger charge is -2.06. The van der Waals surface area contributed by atoms with Crippen LogP contribution in [-0.4, -0.2) is 13.4 Å². The van der Waals surface area contributed by atoms with Crippen molar-refractivity contribution >= 4 is 6.29 Å². The Hall–Kier alpha value is -2.16. The van der Waals surface area contributed by atoms with E-state index in [0.29, 0.717) is 22.4 Å². The van der Waals surface area contributed by atoms with E-state index < -0.39 is 0 Å². The standard InChI is InChI=1S/C14H11FO2/c1-17-12-5-6-13(14(15)8-12)11-4-2-3-10(7-11)9-16/h2-9H,1H3. The Morgan fingerprint density at radius 2 is 2.00 bits per heavy atom. The van der Waals surface area contributed by atoms with Crippen molar-refractivity contribution in [2.24, 2.45) is 0 Å². The molecule has 0 aliphatic carbocycles. The Kier molecular flexibility index (Phi) is 3.19. The van der Waals surface area contributed by atoms with Crippen LogP contribution in [0.4, 0.5) is 4.39 Å². The number of halogens is 1. The fraction of sp³-hybridized carbons (Fsp3) is 0.0714. The van der Waals surface area contributed by atoms with E-state index in [9.17, 15) is 9.18 Å². The molecule has 0 saturated carbocycles. The molecule has 0 N–H and O–H groups in total. The Balaban J connectivity index is 2.48. The Labute approximate surface area is 98.7 Å². The second-order valence-corrected chi connectivity index (χ2v) is 3.59. The molecule has 0 radical (unpaired) electrons. The van der Waals surface area contributed by atoms with Crippen molar-refractivity contribution in [3.63, 3.8) is 0 Å². The lowest BCUT2D eigenvalue weighted by molar-refractivity contribution is 0.112. The molecular formula is C14H11FO2. The first-order chi connectivity index (χ1) is 8.24. The molecule has 0 unspecified atom stereocenters. The first kappa shape index (κ1) is 11.3. The number of benzene rings is 2. The highest BCUT2D eigenvalue weighted by atomic mass is 19.1. The molecule has 0 aromatic heterocycles. The summed E-state index contributed by atoms with van der Waals surface area (Å²) in [6, 6.07) is 11.5. The third kappa shape index (κ3) is 2.33. The van der Waals surface area contributed by atoms with Gasteiger partial charge in [-0.15, -0.1) is 0 Å². The van der Waals surface area contributed by atoms with Gasteiger partial charge in [0.1, 0.15) is 17.9 Å². The van der Waals surface area contributed by atoms with Crippen LogP contribution in [0.25, 0.3) is 11.1 Å². The van der Waals surface area contributed by atoms with E-state index in [1.54, 1.807) is 36.4 Å². The van der Waals surface area contributed by atoms with Gasteiger partial charge in [-0.3, -0.25) is 4.79 Å². The van der Waals surface area contributed by atoms with Gasteiger partial charge in [-0.2, -0.15) is 0 Å². The summed E-state index contributed by atoms with van der Waals surface area (Å²) in [6.07, 6.45) is 0.741. The maximum absolute atomic E-state index is 13.8. The summed E-state index contributed by atoms with van der Waals surface area (Å²) in [5.74, 6) is 0.102. The number of carbonyl (C=O) groups is 1. The van der Waals surface area contributed by atoms with Crippen molar-refractivity contribution in [3.8, 4) is 16.9 Å². The second-order valence-electron chi connectivity index (χ2n) is 3.59. The minimum atomic E-state index is -0.368. The normalized spacial score (nSPS) is 10.0. The number of rotatable bonds is 3. The van der Waals surface area contributed by atoms with Crippen LogP contribution < -0.4 is 4.74 Å². The van der Waals surface area contributed by atoms with Gasteiger partial charge in [0.25, 0.3) is 0 Å². The third-order valence-corrected chi connectivity index (χ3v) is 2.51. The van der Waals surface area contributed by atoms with Gasteiger partial charge >= 0.3 is 0 Å². The van der Waals surface area contributed by atoms with Crippen LogP contribution in [0.1, 0.15) is 10.4 Å². The molecule has 2 rings (SSSR count). The first-order valence-electron chi connectivity index (χ1n) is 5.14. The number of aldehydes is 1. The van der Waals surface area contributed by atoms with Crippen molar-refractivity contribution in [2.75, 3.05) is 7.11 Å². The summed E-state index contributed by atoms with van der Waals surface area (Å²) in [4.78, 5) is 10.7. The van der Waals surface area contributed by atoms with Gasteiger partial charge in [-0.1, -0.05) is 18.2 Å². The van der Waals surface area contributed by atoms with Crippen molar-refractivity contribution in [1.82, 2.24) is 0 Å². The smallest absolute Gasteiger partial charge is 0.150 e. The molecule has 3 heteroatoms. The SMILES string of the molecule is COc1ccc(-c2cccc(C=O)c2)c(F)c1. The molecule has 0 amide bonds. The van der Waals surface area contributed by atoms with Crippen molar-refractivity contribution in [2.45, 2.75) is 0 Å². The van der Waals surface area contributed by atoms with Crippen LogP contribution in [0, 0.1) is 5.82 Å². The Morgan fingerprint density at radius 3 is 2.65 bits per heavy atom. The lowest BCUT2D eigenvalue weighted by atomic mass is 10.0. The number of methoxy groups -OCH3 is 1. The maximum Gasteiger partial charge on any atom is 0.150 e. The van der Waals surface area contributed by atoms with E-state index in [0.717, 1.165) is 6.29 Å². The van der Waals surface area contributed by atoms with E-state index >= 15 is 0 Å². The summed E-state index contributed by atoms with van der Waals surface area (Å²) in [7, 11) is 1.49. The molecule has 0 fully saturated rings. The second kappa shape index (κ2) is 4.78. The minimum Gasteiger partial charge on any atom is -0.497 e. The van der Waals surface area contributed by atoms with Crippen LogP contribution in [0.15, 0.2) is 42.5 Å². The van der Waals surface area contributed by atoms with Crippen LogP contribution >= 0.6 is 0 Å². The zero-order valence-corrected chi connectivity index (χ0v) is 9.31. The van der Waals surface area contributed by atoms with E-state index in [4.69, 9.17) is 4.74 Å². The molecule has 0 bridgehead atoms. The maximum atomic E-state index is 13.8. The average Bonchev–Trinajstić information content (AvgIpc) is 2.38. The van der Waals surface area contributed by atoms with E-state index in [1.807, 2.05) is 0 Å². The van der Waals surface area contributed by atoms with Gasteiger partial charge in [0.05, 0.1) is 7.11 Å². The van der Waals surface area contributed by atoms with E-state index in [-0.39, 0.29) is 5.82 Å². The predicted molar refractivity (Wildman–Crippen MR) is 63.8 cm³/mol.